The molecule has 3 N–H and O–H groups in total. The number of rotatable bonds is 11. The third kappa shape index (κ3) is 6.94. The number of nitrogens with one attached hydrogen (secondary N) is 3. The first kappa shape index (κ1) is 28.6. The molecule has 0 saturated carbocycles. The van der Waals surface area contributed by atoms with E-state index < -0.39 is 5.91 Å². The van der Waals surface area contributed by atoms with Crippen LogP contribution in [0.4, 0.5) is 17.1 Å². The average Bonchev–Trinajstić information content (AvgIpc) is 3.49. The number of aromatic nitrogens is 1. The van der Waals surface area contributed by atoms with Crippen molar-refractivity contribution in [3.05, 3.63) is 65.9 Å². The van der Waals surface area contributed by atoms with Crippen LogP contribution in [0, 0.1) is 23.7 Å². The summed E-state index contributed by atoms with van der Waals surface area (Å²) in [7, 11) is 3.04. The van der Waals surface area contributed by atoms with Crippen LogP contribution < -0.4 is 20.7 Å². The lowest BCUT2D eigenvalue weighted by atomic mass is 10.1. The van der Waals surface area contributed by atoms with Gasteiger partial charge in [0, 0.05) is 69.1 Å². The molecule has 0 unspecified atom stereocenters. The number of terminal acetylenes is 1. The normalized spacial score (nSPS) is 15.1. The number of anilines is 3. The molecule has 10 heteroatoms. The van der Waals surface area contributed by atoms with Gasteiger partial charge in [-0.2, -0.15) is 5.26 Å². The second-order valence-electron chi connectivity index (χ2n) is 9.10. The maximum atomic E-state index is 12.9. The van der Waals surface area contributed by atoms with Crippen LogP contribution in [0.5, 0.6) is 5.75 Å². The van der Waals surface area contributed by atoms with E-state index in [2.05, 4.69) is 32.9 Å². The molecule has 1 aliphatic heterocycles. The fourth-order valence-corrected chi connectivity index (χ4v) is 4.06. The molecule has 1 saturated heterocycles. The number of carbonyl (C=O) groups excluding carboxylic acids is 1. The number of nitriles is 1. The lowest BCUT2D eigenvalue weighted by Gasteiger charge is -2.26. The Morgan fingerprint density at radius 3 is 2.83 bits per heavy atom. The summed E-state index contributed by atoms with van der Waals surface area (Å²) in [5.74, 6) is 1.72. The van der Waals surface area contributed by atoms with E-state index >= 15 is 0 Å². The minimum Gasteiger partial charge on any atom is -0.486 e. The summed E-state index contributed by atoms with van der Waals surface area (Å²) in [6.07, 6.45) is 10.7. The molecule has 4 rings (SSSR count). The van der Waals surface area contributed by atoms with Gasteiger partial charge in [-0.15, -0.1) is 6.42 Å². The smallest absolute Gasteiger partial charge is 0.248 e. The van der Waals surface area contributed by atoms with E-state index in [0.29, 0.717) is 64.6 Å². The summed E-state index contributed by atoms with van der Waals surface area (Å²) in [4.78, 5) is 17.4. The molecule has 2 aromatic carbocycles. The zero-order valence-corrected chi connectivity index (χ0v) is 22.6. The van der Waals surface area contributed by atoms with Gasteiger partial charge in [0.05, 0.1) is 35.7 Å². The molecule has 0 aliphatic carbocycles. The number of hydrogen-bond donors (Lipinski definition) is 3. The quantitative estimate of drug-likeness (QED) is 0.187. The first-order valence-corrected chi connectivity index (χ1v) is 12.7. The molecule has 1 aliphatic rings. The van der Waals surface area contributed by atoms with Crippen LogP contribution >= 0.6 is 0 Å². The first-order chi connectivity index (χ1) is 19.4. The van der Waals surface area contributed by atoms with Gasteiger partial charge in [0.1, 0.15) is 17.9 Å². The van der Waals surface area contributed by atoms with E-state index in [1.807, 2.05) is 24.3 Å². The lowest BCUT2D eigenvalue weighted by Crippen LogP contribution is -2.45. The zero-order chi connectivity index (χ0) is 28.5. The van der Waals surface area contributed by atoms with Crippen molar-refractivity contribution >= 4 is 33.9 Å². The van der Waals surface area contributed by atoms with Gasteiger partial charge in [-0.3, -0.25) is 15.1 Å². The van der Waals surface area contributed by atoms with E-state index in [1.165, 1.54) is 26.5 Å². The topological polar surface area (TPSA) is 127 Å². The predicted octanol–water partition coefficient (Wildman–Crippen LogP) is 4.05. The molecule has 3 aromatic rings. The molecular formula is C30H31N5O5. The Morgan fingerprint density at radius 1 is 1.30 bits per heavy atom. The van der Waals surface area contributed by atoms with Crippen LogP contribution in [0.25, 0.3) is 10.9 Å². The van der Waals surface area contributed by atoms with Crippen molar-refractivity contribution in [3.8, 4) is 24.2 Å². The van der Waals surface area contributed by atoms with Crippen LogP contribution in [0.15, 0.2) is 54.7 Å². The van der Waals surface area contributed by atoms with E-state index in [-0.39, 0.29) is 12.0 Å². The van der Waals surface area contributed by atoms with Crippen molar-refractivity contribution in [3.63, 3.8) is 0 Å². The Morgan fingerprint density at radius 2 is 2.12 bits per heavy atom. The number of carbonyl (C=O) groups is 1. The number of hydrogen-bond acceptors (Lipinski definition) is 9. The van der Waals surface area contributed by atoms with Gasteiger partial charge < -0.3 is 29.6 Å². The Kier molecular flexibility index (Phi) is 9.33. The van der Waals surface area contributed by atoms with E-state index in [0.717, 1.165) is 6.42 Å². The highest BCUT2D eigenvalue weighted by Crippen LogP contribution is 2.37. The second kappa shape index (κ2) is 13.1. The lowest BCUT2D eigenvalue weighted by molar-refractivity contribution is -0.212. The first-order valence-electron chi connectivity index (χ1n) is 12.7. The largest absolute Gasteiger partial charge is 0.486 e. The van der Waals surface area contributed by atoms with Gasteiger partial charge in [0.2, 0.25) is 11.8 Å². The van der Waals surface area contributed by atoms with Crippen LogP contribution in [0.3, 0.4) is 0 Å². The Bertz CT molecular complexity index is 1480. The summed E-state index contributed by atoms with van der Waals surface area (Å²) >= 11 is 0. The highest BCUT2D eigenvalue weighted by atomic mass is 16.7. The minimum absolute atomic E-state index is 0.156. The third-order valence-corrected chi connectivity index (χ3v) is 6.42. The molecule has 2 heterocycles. The summed E-state index contributed by atoms with van der Waals surface area (Å²) in [5.41, 5.74) is 3.28. The molecule has 0 radical (unpaired) electrons. The van der Waals surface area contributed by atoms with Crippen LogP contribution in [0.1, 0.15) is 24.5 Å². The van der Waals surface area contributed by atoms with Crippen LogP contribution in [0.2, 0.25) is 0 Å². The standard InChI is InChI=1S/C30H31N5O5/c1-5-20-8-6-9-22(14-20)34-29-21(17-31)18-32-25-16-27(40-23-11-13-39-19-23)26(15-24(25)29)35-28(36)10-7-12-33-30(2,37-3)38-4/h1,6-10,14-16,18,23,33H,11-13,19H2,2-4H3,(H,32,34)(H,35,36)/b10-7+/t23-/m0/s1. The Balaban J connectivity index is 1.67. The molecule has 0 spiro atoms. The number of ether oxygens (including phenoxy) is 4. The average molecular weight is 542 g/mol. The van der Waals surface area contributed by atoms with Crippen molar-refractivity contribution in [2.45, 2.75) is 25.4 Å². The fourth-order valence-electron chi connectivity index (χ4n) is 4.06. The number of amides is 1. The second-order valence-corrected chi connectivity index (χ2v) is 9.10. The van der Waals surface area contributed by atoms with Gasteiger partial charge in [-0.25, -0.2) is 0 Å². The molecule has 1 fully saturated rings. The number of fused-ring (bicyclic) bond motifs is 1. The molecule has 40 heavy (non-hydrogen) atoms. The molecule has 0 bridgehead atoms. The summed E-state index contributed by atoms with van der Waals surface area (Å²) < 4.78 is 22.2. The number of benzene rings is 2. The van der Waals surface area contributed by atoms with Gasteiger partial charge in [0.25, 0.3) is 0 Å². The van der Waals surface area contributed by atoms with Gasteiger partial charge in [-0.1, -0.05) is 18.1 Å². The predicted molar refractivity (Wildman–Crippen MR) is 152 cm³/mol. The maximum Gasteiger partial charge on any atom is 0.248 e. The summed E-state index contributed by atoms with van der Waals surface area (Å²) in [6.45, 7) is 3.11. The monoisotopic (exact) mass is 541 g/mol. The molecule has 1 aromatic heterocycles. The summed E-state index contributed by atoms with van der Waals surface area (Å²) in [6, 6.07) is 13.0. The fraction of sp³-hybridized carbons (Fsp3) is 0.300. The molecule has 10 nitrogen and oxygen atoms in total. The van der Waals surface area contributed by atoms with Crippen molar-refractivity contribution in [1.29, 1.82) is 5.26 Å². The molecule has 206 valence electrons. The van der Waals surface area contributed by atoms with Gasteiger partial charge >= 0.3 is 0 Å². The van der Waals surface area contributed by atoms with E-state index in [4.69, 9.17) is 25.4 Å². The van der Waals surface area contributed by atoms with Gasteiger partial charge in [0.15, 0.2) is 0 Å². The Labute approximate surface area is 233 Å². The number of pyridine rings is 1. The van der Waals surface area contributed by atoms with E-state index in [9.17, 15) is 10.1 Å². The van der Waals surface area contributed by atoms with Crippen molar-refractivity contribution < 1.29 is 23.7 Å². The van der Waals surface area contributed by atoms with Gasteiger partial charge in [-0.05, 0) is 24.3 Å². The molecule has 1 atom stereocenters. The minimum atomic E-state index is -0.974. The third-order valence-electron chi connectivity index (χ3n) is 6.42. The zero-order valence-electron chi connectivity index (χ0n) is 22.6. The maximum absolute atomic E-state index is 12.9. The molecular weight excluding hydrogens is 510 g/mol. The number of nitrogens with zero attached hydrogens (tertiary/aromatic N) is 2. The van der Waals surface area contributed by atoms with Crippen molar-refractivity contribution in [2.75, 3.05) is 44.6 Å². The van der Waals surface area contributed by atoms with E-state index in [1.54, 1.807) is 25.1 Å². The SMILES string of the molecule is C#Cc1cccc(Nc2c(C#N)cnc3cc(O[C@H]4CCOC4)c(NC(=O)/C=C/CNC(C)(OC)OC)cc23)c1. The summed E-state index contributed by atoms with van der Waals surface area (Å²) in [5, 5.41) is 19.7. The van der Waals surface area contributed by atoms with Crippen molar-refractivity contribution in [1.82, 2.24) is 10.3 Å². The van der Waals surface area contributed by atoms with Crippen molar-refractivity contribution in [2.24, 2.45) is 0 Å². The Hall–Kier alpha value is -4.45. The highest BCUT2D eigenvalue weighted by Gasteiger charge is 2.22. The van der Waals surface area contributed by atoms with Crippen LogP contribution in [-0.2, 0) is 19.0 Å². The highest BCUT2D eigenvalue weighted by molar-refractivity contribution is 6.04. The van der Waals surface area contributed by atoms with Crippen LogP contribution in [-0.4, -0.2) is 56.9 Å². The number of methoxy groups -OCH3 is 2. The molecule has 1 amide bonds.